The molecule has 1 aliphatic carbocycles. The highest BCUT2D eigenvalue weighted by Gasteiger charge is 2.30. The molecule has 3 aromatic rings. The molecule has 0 aromatic heterocycles. The highest BCUT2D eigenvalue weighted by atomic mass is 79.9. The van der Waals surface area contributed by atoms with Crippen LogP contribution >= 0.6 is 15.9 Å². The molecule has 3 nitrogen and oxygen atoms in total. The van der Waals surface area contributed by atoms with Crippen molar-refractivity contribution < 1.29 is 4.79 Å². The Hall–Kier alpha value is -2.95. The number of piperazine rings is 1. The molecule has 1 unspecified atom stereocenters. The first kappa shape index (κ1) is 20.9. The first-order chi connectivity index (χ1) is 15.7. The quantitative estimate of drug-likeness (QED) is 0.433. The van der Waals surface area contributed by atoms with E-state index >= 15 is 0 Å². The van der Waals surface area contributed by atoms with Crippen molar-refractivity contribution in [3.63, 3.8) is 0 Å². The normalized spacial score (nSPS) is 18.3. The molecule has 0 N–H and O–H groups in total. The average Bonchev–Trinajstić information content (AvgIpc) is 3.00. The van der Waals surface area contributed by atoms with E-state index in [1.54, 1.807) is 6.08 Å². The minimum absolute atomic E-state index is 0.0829. The van der Waals surface area contributed by atoms with Gasteiger partial charge in [0.15, 0.2) is 0 Å². The molecule has 2 aliphatic rings. The molecule has 3 aromatic carbocycles. The van der Waals surface area contributed by atoms with E-state index in [2.05, 4.69) is 75.4 Å². The lowest BCUT2D eigenvalue weighted by molar-refractivity contribution is -0.127. The third-order valence-electron chi connectivity index (χ3n) is 6.29. The lowest BCUT2D eigenvalue weighted by Crippen LogP contribution is -2.49. The lowest BCUT2D eigenvalue weighted by Gasteiger charge is -2.40. The van der Waals surface area contributed by atoms with Crippen molar-refractivity contribution in [2.75, 3.05) is 26.2 Å². The summed E-state index contributed by atoms with van der Waals surface area (Å²) in [5, 5.41) is 0. The Bertz CT molecular complexity index is 1180. The SMILES string of the molecule is O=C(C=Cc1ccccc1)N1CCN(C2c3ccccc3C=Cc3ccc(Br)cc32)CC1. The van der Waals surface area contributed by atoms with Gasteiger partial charge in [-0.25, -0.2) is 0 Å². The van der Waals surface area contributed by atoms with E-state index in [1.807, 2.05) is 41.3 Å². The van der Waals surface area contributed by atoms with Crippen molar-refractivity contribution >= 4 is 40.1 Å². The zero-order valence-electron chi connectivity index (χ0n) is 17.8. The van der Waals surface area contributed by atoms with Crippen LogP contribution in [0.15, 0.2) is 83.3 Å². The largest absolute Gasteiger partial charge is 0.337 e. The van der Waals surface area contributed by atoms with Gasteiger partial charge in [0.1, 0.15) is 0 Å². The second-order valence-corrected chi connectivity index (χ2v) is 9.16. The van der Waals surface area contributed by atoms with E-state index in [9.17, 15) is 4.79 Å². The Kier molecular flexibility index (Phi) is 6.06. The van der Waals surface area contributed by atoms with E-state index in [4.69, 9.17) is 0 Å². The van der Waals surface area contributed by atoms with Gasteiger partial charge < -0.3 is 4.90 Å². The number of hydrogen-bond acceptors (Lipinski definition) is 2. The second kappa shape index (κ2) is 9.27. The molecule has 0 bridgehead atoms. The summed E-state index contributed by atoms with van der Waals surface area (Å²) in [5.74, 6) is 0.0829. The molecule has 160 valence electrons. The highest BCUT2D eigenvalue weighted by molar-refractivity contribution is 9.10. The number of amides is 1. The van der Waals surface area contributed by atoms with Gasteiger partial charge in [0.2, 0.25) is 5.91 Å². The molecule has 1 amide bonds. The molecule has 1 fully saturated rings. The van der Waals surface area contributed by atoms with Gasteiger partial charge in [0.05, 0.1) is 6.04 Å². The second-order valence-electron chi connectivity index (χ2n) is 8.24. The number of benzene rings is 3. The van der Waals surface area contributed by atoms with Gasteiger partial charge in [-0.1, -0.05) is 88.7 Å². The fourth-order valence-electron chi connectivity index (χ4n) is 4.62. The summed E-state index contributed by atoms with van der Waals surface area (Å²) >= 11 is 3.67. The predicted octanol–water partition coefficient (Wildman–Crippen LogP) is 5.88. The van der Waals surface area contributed by atoms with Crippen molar-refractivity contribution in [1.29, 1.82) is 0 Å². The number of fused-ring (bicyclic) bond motifs is 2. The zero-order chi connectivity index (χ0) is 21.9. The number of carbonyl (C=O) groups excluding carboxylic acids is 1. The van der Waals surface area contributed by atoms with E-state index in [1.165, 1.54) is 22.3 Å². The Balaban J connectivity index is 1.36. The van der Waals surface area contributed by atoms with Crippen LogP contribution in [0, 0.1) is 0 Å². The molecular formula is C28H25BrN2O. The first-order valence-corrected chi connectivity index (χ1v) is 11.8. The summed E-state index contributed by atoms with van der Waals surface area (Å²) in [6, 6.07) is 25.3. The maximum Gasteiger partial charge on any atom is 0.246 e. The summed E-state index contributed by atoms with van der Waals surface area (Å²) < 4.78 is 1.09. The van der Waals surface area contributed by atoms with Crippen LogP contribution in [-0.2, 0) is 4.79 Å². The minimum Gasteiger partial charge on any atom is -0.337 e. The van der Waals surface area contributed by atoms with E-state index in [0.29, 0.717) is 0 Å². The van der Waals surface area contributed by atoms with Gasteiger partial charge in [-0.15, -0.1) is 0 Å². The van der Waals surface area contributed by atoms with Crippen LogP contribution in [-0.4, -0.2) is 41.9 Å². The summed E-state index contributed by atoms with van der Waals surface area (Å²) in [7, 11) is 0. The Morgan fingerprint density at radius 1 is 0.812 bits per heavy atom. The summed E-state index contributed by atoms with van der Waals surface area (Å²) in [5.41, 5.74) is 6.19. The third-order valence-corrected chi connectivity index (χ3v) is 6.78. The molecule has 0 saturated carbocycles. The maximum absolute atomic E-state index is 12.8. The first-order valence-electron chi connectivity index (χ1n) is 11.0. The number of nitrogens with zero attached hydrogens (tertiary/aromatic N) is 2. The van der Waals surface area contributed by atoms with Crippen LogP contribution in [0.2, 0.25) is 0 Å². The molecule has 1 saturated heterocycles. The molecule has 0 spiro atoms. The van der Waals surface area contributed by atoms with Gasteiger partial charge in [0.25, 0.3) is 0 Å². The summed E-state index contributed by atoms with van der Waals surface area (Å²) in [4.78, 5) is 17.2. The highest BCUT2D eigenvalue weighted by Crippen LogP contribution is 2.38. The van der Waals surface area contributed by atoms with Crippen LogP contribution in [0.3, 0.4) is 0 Å². The van der Waals surface area contributed by atoms with Crippen LogP contribution in [0.4, 0.5) is 0 Å². The topological polar surface area (TPSA) is 23.6 Å². The van der Waals surface area contributed by atoms with Gasteiger partial charge in [0, 0.05) is 36.7 Å². The van der Waals surface area contributed by atoms with Gasteiger partial charge >= 0.3 is 0 Å². The van der Waals surface area contributed by atoms with Crippen molar-refractivity contribution in [2.24, 2.45) is 0 Å². The van der Waals surface area contributed by atoms with Crippen LogP contribution < -0.4 is 0 Å². The molecule has 0 radical (unpaired) electrons. The predicted molar refractivity (Wildman–Crippen MR) is 135 cm³/mol. The van der Waals surface area contributed by atoms with Gasteiger partial charge in [-0.3, -0.25) is 9.69 Å². The zero-order valence-corrected chi connectivity index (χ0v) is 19.4. The van der Waals surface area contributed by atoms with E-state index in [0.717, 1.165) is 36.2 Å². The smallest absolute Gasteiger partial charge is 0.246 e. The van der Waals surface area contributed by atoms with Crippen LogP contribution in [0.1, 0.15) is 33.9 Å². The van der Waals surface area contributed by atoms with Crippen LogP contribution in [0.5, 0.6) is 0 Å². The maximum atomic E-state index is 12.8. The standard InChI is InChI=1S/C28H25BrN2O/c29-24-14-13-23-12-11-22-8-4-5-9-25(22)28(26(23)20-24)31-18-16-30(17-19-31)27(32)15-10-21-6-2-1-3-7-21/h1-15,20,28H,16-19H2. The molecular weight excluding hydrogens is 460 g/mol. The molecule has 1 atom stereocenters. The third kappa shape index (κ3) is 4.34. The van der Waals surface area contributed by atoms with Crippen molar-refractivity contribution in [3.05, 3.63) is 111 Å². The van der Waals surface area contributed by atoms with Gasteiger partial charge in [-0.05, 0) is 46.0 Å². The van der Waals surface area contributed by atoms with Crippen molar-refractivity contribution in [3.8, 4) is 0 Å². The van der Waals surface area contributed by atoms with E-state index < -0.39 is 0 Å². The molecule has 5 rings (SSSR count). The molecule has 32 heavy (non-hydrogen) atoms. The number of carbonyl (C=O) groups is 1. The summed E-state index contributed by atoms with van der Waals surface area (Å²) in [6.07, 6.45) is 8.03. The Morgan fingerprint density at radius 2 is 1.50 bits per heavy atom. The Labute approximate surface area is 197 Å². The van der Waals surface area contributed by atoms with Crippen LogP contribution in [0.25, 0.3) is 18.2 Å². The number of rotatable bonds is 3. The molecule has 1 heterocycles. The fourth-order valence-corrected chi connectivity index (χ4v) is 5.00. The summed E-state index contributed by atoms with van der Waals surface area (Å²) in [6.45, 7) is 3.15. The lowest BCUT2D eigenvalue weighted by atomic mass is 9.92. The van der Waals surface area contributed by atoms with Gasteiger partial charge in [-0.2, -0.15) is 0 Å². The molecule has 1 aliphatic heterocycles. The molecule has 4 heteroatoms. The van der Waals surface area contributed by atoms with E-state index in [-0.39, 0.29) is 11.9 Å². The number of hydrogen-bond donors (Lipinski definition) is 0. The fraction of sp³-hybridized carbons (Fsp3) is 0.179. The Morgan fingerprint density at radius 3 is 2.28 bits per heavy atom. The monoisotopic (exact) mass is 484 g/mol. The average molecular weight is 485 g/mol. The minimum atomic E-state index is 0.0829. The number of halogens is 1. The van der Waals surface area contributed by atoms with Crippen molar-refractivity contribution in [1.82, 2.24) is 9.80 Å². The van der Waals surface area contributed by atoms with Crippen molar-refractivity contribution in [2.45, 2.75) is 6.04 Å².